The standard InChI is InChI=1S/C11H11BrN2O3S2/c1-17-10-4-8(12)9(13)5-11(10)19(15,16)14-7-2-3-18-6-7/h2-6,14H,13H2,1H3. The number of halogens is 1. The molecule has 0 bridgehead atoms. The van der Waals surface area contributed by atoms with Crippen molar-refractivity contribution in [1.82, 2.24) is 0 Å². The zero-order valence-electron chi connectivity index (χ0n) is 9.88. The van der Waals surface area contributed by atoms with Crippen LogP contribution in [0.15, 0.2) is 38.3 Å². The summed E-state index contributed by atoms with van der Waals surface area (Å²) in [6, 6.07) is 4.56. The van der Waals surface area contributed by atoms with Gasteiger partial charge < -0.3 is 10.5 Å². The highest BCUT2D eigenvalue weighted by molar-refractivity contribution is 9.10. The zero-order valence-corrected chi connectivity index (χ0v) is 13.1. The highest BCUT2D eigenvalue weighted by atomic mass is 79.9. The lowest BCUT2D eigenvalue weighted by Gasteiger charge is -2.12. The quantitative estimate of drug-likeness (QED) is 0.819. The molecule has 1 aromatic heterocycles. The molecule has 0 amide bonds. The first-order chi connectivity index (χ1) is 8.94. The van der Waals surface area contributed by atoms with Crippen LogP contribution in [0.2, 0.25) is 0 Å². The molecule has 0 unspecified atom stereocenters. The summed E-state index contributed by atoms with van der Waals surface area (Å²) in [5, 5.41) is 3.48. The Balaban J connectivity index is 2.48. The molecule has 19 heavy (non-hydrogen) atoms. The molecule has 102 valence electrons. The average molecular weight is 363 g/mol. The number of ether oxygens (including phenoxy) is 1. The molecule has 0 aliphatic carbocycles. The van der Waals surface area contributed by atoms with Crippen LogP contribution in [-0.2, 0) is 10.0 Å². The Morgan fingerprint density at radius 2 is 2.16 bits per heavy atom. The molecule has 2 rings (SSSR count). The molecule has 0 radical (unpaired) electrons. The molecule has 2 aromatic rings. The van der Waals surface area contributed by atoms with Crippen molar-refractivity contribution in [3.63, 3.8) is 0 Å². The van der Waals surface area contributed by atoms with Crippen molar-refractivity contribution >= 4 is 48.7 Å². The molecule has 0 spiro atoms. The molecule has 0 atom stereocenters. The molecule has 0 aliphatic rings. The van der Waals surface area contributed by atoms with Crippen LogP contribution in [0.4, 0.5) is 11.4 Å². The molecule has 0 aliphatic heterocycles. The minimum Gasteiger partial charge on any atom is -0.495 e. The summed E-state index contributed by atoms with van der Waals surface area (Å²) in [5.41, 5.74) is 6.56. The van der Waals surface area contributed by atoms with Crippen molar-refractivity contribution in [2.45, 2.75) is 4.90 Å². The average Bonchev–Trinajstić information content (AvgIpc) is 2.84. The van der Waals surface area contributed by atoms with Crippen LogP contribution in [0.25, 0.3) is 0 Å². The van der Waals surface area contributed by atoms with E-state index in [0.29, 0.717) is 15.8 Å². The number of hydrogen-bond donors (Lipinski definition) is 2. The molecule has 1 heterocycles. The molecular weight excluding hydrogens is 352 g/mol. The monoisotopic (exact) mass is 362 g/mol. The summed E-state index contributed by atoms with van der Waals surface area (Å²) in [6.45, 7) is 0. The zero-order chi connectivity index (χ0) is 14.0. The van der Waals surface area contributed by atoms with E-state index in [1.54, 1.807) is 16.8 Å². The maximum absolute atomic E-state index is 12.3. The number of thiophene rings is 1. The van der Waals surface area contributed by atoms with Crippen molar-refractivity contribution in [2.24, 2.45) is 0 Å². The van der Waals surface area contributed by atoms with Gasteiger partial charge in [0.2, 0.25) is 0 Å². The molecule has 3 N–H and O–H groups in total. The van der Waals surface area contributed by atoms with E-state index < -0.39 is 10.0 Å². The Labute approximate surface area is 123 Å². The molecule has 0 fully saturated rings. The van der Waals surface area contributed by atoms with E-state index in [4.69, 9.17) is 10.5 Å². The third kappa shape index (κ3) is 3.02. The lowest BCUT2D eigenvalue weighted by Crippen LogP contribution is -2.14. The van der Waals surface area contributed by atoms with Gasteiger partial charge in [-0.2, -0.15) is 11.3 Å². The summed E-state index contributed by atoms with van der Waals surface area (Å²) in [5.74, 6) is 0.226. The third-order valence-electron chi connectivity index (χ3n) is 2.35. The van der Waals surface area contributed by atoms with Crippen LogP contribution in [0.3, 0.4) is 0 Å². The smallest absolute Gasteiger partial charge is 0.265 e. The van der Waals surface area contributed by atoms with Crippen molar-refractivity contribution in [3.05, 3.63) is 33.4 Å². The first-order valence-electron chi connectivity index (χ1n) is 5.12. The number of hydrogen-bond acceptors (Lipinski definition) is 5. The summed E-state index contributed by atoms with van der Waals surface area (Å²) in [4.78, 5) is 0.00176. The summed E-state index contributed by atoms with van der Waals surface area (Å²) in [6.07, 6.45) is 0. The van der Waals surface area contributed by atoms with Crippen LogP contribution in [0.1, 0.15) is 0 Å². The van der Waals surface area contributed by atoms with Gasteiger partial charge in [-0.15, -0.1) is 0 Å². The normalized spacial score (nSPS) is 11.3. The van der Waals surface area contributed by atoms with Gasteiger partial charge in [0.15, 0.2) is 0 Å². The maximum Gasteiger partial charge on any atom is 0.265 e. The van der Waals surface area contributed by atoms with Gasteiger partial charge in [0.1, 0.15) is 10.6 Å². The second-order valence-electron chi connectivity index (χ2n) is 3.64. The third-order valence-corrected chi connectivity index (χ3v) is 5.12. The van der Waals surface area contributed by atoms with Crippen LogP contribution < -0.4 is 15.2 Å². The summed E-state index contributed by atoms with van der Waals surface area (Å²) >= 11 is 4.63. The fourth-order valence-corrected chi connectivity index (χ4v) is 3.67. The van der Waals surface area contributed by atoms with Gasteiger partial charge in [-0.25, -0.2) is 8.42 Å². The number of benzene rings is 1. The predicted molar refractivity (Wildman–Crippen MR) is 80.2 cm³/mol. The number of methoxy groups -OCH3 is 1. The van der Waals surface area contributed by atoms with Gasteiger partial charge >= 0.3 is 0 Å². The second-order valence-corrected chi connectivity index (χ2v) is 6.93. The minimum absolute atomic E-state index is 0.00176. The lowest BCUT2D eigenvalue weighted by atomic mass is 10.3. The molecular formula is C11H11BrN2O3S2. The van der Waals surface area contributed by atoms with Crippen LogP contribution >= 0.6 is 27.3 Å². The SMILES string of the molecule is COc1cc(Br)c(N)cc1S(=O)(=O)Nc1ccsc1. The molecule has 1 aromatic carbocycles. The van der Waals surface area contributed by atoms with E-state index in [-0.39, 0.29) is 10.6 Å². The Bertz CT molecular complexity index is 684. The van der Waals surface area contributed by atoms with Gasteiger partial charge in [0.25, 0.3) is 10.0 Å². The van der Waals surface area contributed by atoms with Gasteiger partial charge in [-0.05, 0) is 39.5 Å². The Morgan fingerprint density at radius 3 is 2.74 bits per heavy atom. The van der Waals surface area contributed by atoms with Gasteiger partial charge in [0.05, 0.1) is 12.8 Å². The van der Waals surface area contributed by atoms with Gasteiger partial charge in [-0.3, -0.25) is 4.72 Å². The number of anilines is 2. The number of rotatable bonds is 4. The number of nitrogen functional groups attached to an aromatic ring is 1. The minimum atomic E-state index is -3.73. The van der Waals surface area contributed by atoms with Crippen molar-refractivity contribution < 1.29 is 13.2 Å². The Morgan fingerprint density at radius 1 is 1.42 bits per heavy atom. The summed E-state index contributed by atoms with van der Waals surface area (Å²) < 4.78 is 32.7. The summed E-state index contributed by atoms with van der Waals surface area (Å²) in [7, 11) is -2.33. The number of sulfonamides is 1. The first-order valence-corrected chi connectivity index (χ1v) is 8.34. The maximum atomic E-state index is 12.3. The van der Waals surface area contributed by atoms with Gasteiger partial charge in [-0.1, -0.05) is 0 Å². The topological polar surface area (TPSA) is 81.4 Å². The van der Waals surface area contributed by atoms with Crippen molar-refractivity contribution in [2.75, 3.05) is 17.6 Å². The number of nitrogens with two attached hydrogens (primary N) is 1. The van der Waals surface area contributed by atoms with E-state index >= 15 is 0 Å². The van der Waals surface area contributed by atoms with Crippen LogP contribution in [0, 0.1) is 0 Å². The predicted octanol–water partition coefficient (Wildman–Crippen LogP) is 2.90. The Hall–Kier alpha value is -1.25. The highest BCUT2D eigenvalue weighted by Gasteiger charge is 2.21. The largest absolute Gasteiger partial charge is 0.495 e. The second kappa shape index (κ2) is 5.40. The van der Waals surface area contributed by atoms with Crippen molar-refractivity contribution in [3.8, 4) is 5.75 Å². The highest BCUT2D eigenvalue weighted by Crippen LogP contribution is 2.33. The van der Waals surface area contributed by atoms with E-state index in [0.717, 1.165) is 0 Å². The fraction of sp³-hybridized carbons (Fsp3) is 0.0909. The van der Waals surface area contributed by atoms with Crippen molar-refractivity contribution in [1.29, 1.82) is 0 Å². The first kappa shape index (κ1) is 14.2. The van der Waals surface area contributed by atoms with E-state index in [1.165, 1.54) is 30.6 Å². The van der Waals surface area contributed by atoms with E-state index in [2.05, 4.69) is 20.7 Å². The van der Waals surface area contributed by atoms with Crippen LogP contribution in [0.5, 0.6) is 5.75 Å². The van der Waals surface area contributed by atoms with E-state index in [1.807, 2.05) is 0 Å². The molecule has 0 saturated heterocycles. The molecule has 5 nitrogen and oxygen atoms in total. The van der Waals surface area contributed by atoms with E-state index in [9.17, 15) is 8.42 Å². The lowest BCUT2D eigenvalue weighted by molar-refractivity contribution is 0.402. The van der Waals surface area contributed by atoms with Crippen LogP contribution in [-0.4, -0.2) is 15.5 Å². The molecule has 0 saturated carbocycles. The Kier molecular flexibility index (Phi) is 4.02. The van der Waals surface area contributed by atoms with Gasteiger partial charge in [0, 0.05) is 15.5 Å². The fourth-order valence-electron chi connectivity index (χ4n) is 1.45. The molecule has 8 heteroatoms. The number of nitrogens with one attached hydrogen (secondary N) is 1.